The molecule has 0 bridgehead atoms. The van der Waals surface area contributed by atoms with Crippen LogP contribution in [0.1, 0.15) is 19.8 Å². The Kier molecular flexibility index (Phi) is 4.17. The summed E-state index contributed by atoms with van der Waals surface area (Å²) in [5, 5.41) is 5.37. The third-order valence-electron chi connectivity index (χ3n) is 5.30. The molecular formula is C21H20N4S2. The first kappa shape index (κ1) is 16.8. The van der Waals surface area contributed by atoms with Gasteiger partial charge in [-0.15, -0.1) is 11.3 Å². The van der Waals surface area contributed by atoms with Gasteiger partial charge in [0.25, 0.3) is 0 Å². The molecule has 1 aliphatic heterocycles. The Morgan fingerprint density at radius 2 is 1.85 bits per heavy atom. The first-order chi connectivity index (χ1) is 13.2. The fraction of sp³-hybridized carbons (Fsp3) is 0.286. The van der Waals surface area contributed by atoms with Crippen molar-refractivity contribution in [3.63, 3.8) is 0 Å². The number of likely N-dealkylation sites (tertiary alicyclic amines) is 1. The molecule has 1 aliphatic rings. The van der Waals surface area contributed by atoms with Crippen molar-refractivity contribution in [3.8, 4) is 0 Å². The summed E-state index contributed by atoms with van der Waals surface area (Å²) < 4.78 is 1.20. The summed E-state index contributed by atoms with van der Waals surface area (Å²) in [6.45, 7) is 4.39. The Morgan fingerprint density at radius 3 is 2.63 bits per heavy atom. The molecule has 2 aromatic heterocycles. The summed E-state index contributed by atoms with van der Waals surface area (Å²) in [6.07, 6.45) is 2.41. The van der Waals surface area contributed by atoms with Gasteiger partial charge in [0.1, 0.15) is 10.3 Å². The number of thiophene rings is 1. The lowest BCUT2D eigenvalue weighted by Crippen LogP contribution is -2.40. The van der Waals surface area contributed by atoms with Gasteiger partial charge in [-0.1, -0.05) is 19.1 Å². The minimum absolute atomic E-state index is 0.797. The molecular weight excluding hydrogens is 372 g/mol. The highest BCUT2D eigenvalue weighted by molar-refractivity contribution is 7.80. The fourth-order valence-corrected chi connectivity index (χ4v) is 4.94. The molecule has 6 heteroatoms. The number of nitrogens with one attached hydrogen (secondary N) is 1. The number of thiocarbonyl (C=S) groups is 1. The predicted octanol–water partition coefficient (Wildman–Crippen LogP) is 5.43. The average Bonchev–Trinajstić information content (AvgIpc) is 3.03. The molecule has 5 rings (SSSR count). The number of nitrogens with zero attached hydrogens (tertiary/aromatic N) is 3. The predicted molar refractivity (Wildman–Crippen MR) is 119 cm³/mol. The molecule has 2 aromatic carbocycles. The third kappa shape index (κ3) is 3.13. The molecule has 3 heterocycles. The van der Waals surface area contributed by atoms with Crippen LogP contribution in [0.5, 0.6) is 0 Å². The van der Waals surface area contributed by atoms with Crippen LogP contribution >= 0.6 is 23.6 Å². The van der Waals surface area contributed by atoms with Gasteiger partial charge >= 0.3 is 0 Å². The number of anilines is 1. The molecule has 4 nitrogen and oxygen atoms in total. The number of para-hydroxylation sites is 2. The highest BCUT2D eigenvalue weighted by atomic mass is 32.1. The SMILES string of the molecule is CC1CCN(C(=S)Nc2ccc3sc4nc5ccccc5nc4c3c2)CC1. The molecule has 1 saturated heterocycles. The lowest BCUT2D eigenvalue weighted by Gasteiger charge is -2.32. The third-order valence-corrected chi connectivity index (χ3v) is 6.72. The quantitative estimate of drug-likeness (QED) is 0.438. The van der Waals surface area contributed by atoms with Crippen LogP contribution in [-0.2, 0) is 0 Å². The van der Waals surface area contributed by atoms with Crippen molar-refractivity contribution in [2.75, 3.05) is 18.4 Å². The van der Waals surface area contributed by atoms with Crippen molar-refractivity contribution < 1.29 is 0 Å². The van der Waals surface area contributed by atoms with Crippen molar-refractivity contribution in [2.24, 2.45) is 5.92 Å². The molecule has 27 heavy (non-hydrogen) atoms. The van der Waals surface area contributed by atoms with Crippen molar-refractivity contribution in [1.29, 1.82) is 0 Å². The number of fused-ring (bicyclic) bond motifs is 4. The van der Waals surface area contributed by atoms with Gasteiger partial charge in [0, 0.05) is 28.9 Å². The Labute approximate surface area is 167 Å². The van der Waals surface area contributed by atoms with Crippen molar-refractivity contribution in [1.82, 2.24) is 14.9 Å². The minimum Gasteiger partial charge on any atom is -0.349 e. The minimum atomic E-state index is 0.797. The molecule has 4 aromatic rings. The maximum Gasteiger partial charge on any atom is 0.173 e. The summed E-state index contributed by atoms with van der Waals surface area (Å²) in [6, 6.07) is 14.4. The standard InChI is InChI=1S/C21H20N4S2/c1-13-8-10-25(11-9-13)21(26)22-14-6-7-18-15(12-14)19-20(27-18)24-17-5-3-2-4-16(17)23-19/h2-7,12-13H,8-11H2,1H3,(H,22,26). The first-order valence-corrected chi connectivity index (χ1v) is 10.5. The molecule has 0 atom stereocenters. The second-order valence-electron chi connectivity index (χ2n) is 7.28. The highest BCUT2D eigenvalue weighted by Gasteiger charge is 2.18. The zero-order valence-corrected chi connectivity index (χ0v) is 16.7. The van der Waals surface area contributed by atoms with Gasteiger partial charge in [-0.3, -0.25) is 0 Å². The molecule has 0 aliphatic carbocycles. The Bertz CT molecular complexity index is 1160. The fourth-order valence-electron chi connectivity index (χ4n) is 3.63. The van der Waals surface area contributed by atoms with Crippen LogP contribution < -0.4 is 5.32 Å². The van der Waals surface area contributed by atoms with E-state index in [0.29, 0.717) is 0 Å². The number of aromatic nitrogens is 2. The summed E-state index contributed by atoms with van der Waals surface area (Å²) in [5.41, 5.74) is 3.85. The summed E-state index contributed by atoms with van der Waals surface area (Å²) >= 11 is 7.33. The topological polar surface area (TPSA) is 41.0 Å². The highest BCUT2D eigenvalue weighted by Crippen LogP contribution is 2.34. The lowest BCUT2D eigenvalue weighted by molar-refractivity contribution is 0.283. The van der Waals surface area contributed by atoms with Gasteiger partial charge < -0.3 is 10.2 Å². The van der Waals surface area contributed by atoms with Crippen LogP contribution in [0.3, 0.4) is 0 Å². The average molecular weight is 393 g/mol. The maximum absolute atomic E-state index is 5.65. The van der Waals surface area contributed by atoms with Gasteiger partial charge in [0.2, 0.25) is 0 Å². The van der Waals surface area contributed by atoms with Crippen LogP contribution in [0.2, 0.25) is 0 Å². The molecule has 0 amide bonds. The van der Waals surface area contributed by atoms with E-state index in [0.717, 1.165) is 56.6 Å². The Balaban J connectivity index is 1.49. The smallest absolute Gasteiger partial charge is 0.173 e. The number of benzene rings is 2. The zero-order chi connectivity index (χ0) is 18.4. The van der Waals surface area contributed by atoms with E-state index >= 15 is 0 Å². The van der Waals surface area contributed by atoms with E-state index in [2.05, 4.69) is 35.3 Å². The summed E-state index contributed by atoms with van der Waals surface area (Å²) in [5.74, 6) is 0.797. The number of piperidine rings is 1. The number of rotatable bonds is 1. The van der Waals surface area contributed by atoms with Crippen molar-refractivity contribution in [2.45, 2.75) is 19.8 Å². The van der Waals surface area contributed by atoms with E-state index in [-0.39, 0.29) is 0 Å². The van der Waals surface area contributed by atoms with Gasteiger partial charge in [-0.2, -0.15) is 0 Å². The maximum atomic E-state index is 5.65. The molecule has 136 valence electrons. The second kappa shape index (κ2) is 6.69. The van der Waals surface area contributed by atoms with E-state index < -0.39 is 0 Å². The van der Waals surface area contributed by atoms with Crippen LogP contribution in [-0.4, -0.2) is 33.1 Å². The second-order valence-corrected chi connectivity index (χ2v) is 8.70. The molecule has 0 saturated carbocycles. The summed E-state index contributed by atoms with van der Waals surface area (Å²) in [4.78, 5) is 12.9. The number of hydrogen-bond donors (Lipinski definition) is 1. The van der Waals surface area contributed by atoms with E-state index in [9.17, 15) is 0 Å². The molecule has 0 radical (unpaired) electrons. The molecule has 0 unspecified atom stereocenters. The van der Waals surface area contributed by atoms with E-state index in [1.807, 2.05) is 24.3 Å². The van der Waals surface area contributed by atoms with Gasteiger partial charge in [-0.25, -0.2) is 9.97 Å². The van der Waals surface area contributed by atoms with Crippen LogP contribution in [0.4, 0.5) is 5.69 Å². The Morgan fingerprint density at radius 1 is 1.11 bits per heavy atom. The van der Waals surface area contributed by atoms with Crippen LogP contribution in [0, 0.1) is 5.92 Å². The lowest BCUT2D eigenvalue weighted by atomic mass is 10.00. The molecule has 1 fully saturated rings. The van der Waals surface area contributed by atoms with Gasteiger partial charge in [-0.05, 0) is 61.3 Å². The van der Waals surface area contributed by atoms with E-state index in [1.165, 1.54) is 17.5 Å². The molecule has 1 N–H and O–H groups in total. The van der Waals surface area contributed by atoms with Gasteiger partial charge in [0.15, 0.2) is 5.11 Å². The Hall–Kier alpha value is -2.31. The summed E-state index contributed by atoms with van der Waals surface area (Å²) in [7, 11) is 0. The van der Waals surface area contributed by atoms with Crippen molar-refractivity contribution >= 4 is 65.8 Å². The van der Waals surface area contributed by atoms with Gasteiger partial charge in [0.05, 0.1) is 11.0 Å². The zero-order valence-electron chi connectivity index (χ0n) is 15.1. The number of hydrogen-bond acceptors (Lipinski definition) is 4. The van der Waals surface area contributed by atoms with Crippen LogP contribution in [0.25, 0.3) is 31.5 Å². The largest absolute Gasteiger partial charge is 0.349 e. The van der Waals surface area contributed by atoms with E-state index in [1.54, 1.807) is 11.3 Å². The molecule has 0 spiro atoms. The van der Waals surface area contributed by atoms with Crippen molar-refractivity contribution in [3.05, 3.63) is 42.5 Å². The van der Waals surface area contributed by atoms with E-state index in [4.69, 9.17) is 22.2 Å². The monoisotopic (exact) mass is 392 g/mol. The normalized spacial score (nSPS) is 15.7. The first-order valence-electron chi connectivity index (χ1n) is 9.32. The van der Waals surface area contributed by atoms with Crippen LogP contribution in [0.15, 0.2) is 42.5 Å².